The second-order valence-electron chi connectivity index (χ2n) is 4.15. The Balaban J connectivity index is 2.28. The number of hydrogen-bond donors (Lipinski definition) is 2. The van der Waals surface area contributed by atoms with Crippen LogP contribution in [0.25, 0.3) is 0 Å². The lowest BCUT2D eigenvalue weighted by atomic mass is 10.0. The van der Waals surface area contributed by atoms with Crippen molar-refractivity contribution in [1.29, 1.82) is 0 Å². The molecule has 0 aromatic carbocycles. The van der Waals surface area contributed by atoms with Gasteiger partial charge in [0.05, 0.1) is 18.1 Å². The summed E-state index contributed by atoms with van der Waals surface area (Å²) >= 11 is 0. The number of hydrogen-bond acceptors (Lipinski definition) is 2. The maximum absolute atomic E-state index is 11.1. The summed E-state index contributed by atoms with van der Waals surface area (Å²) in [5.74, 6) is 0. The lowest BCUT2D eigenvalue weighted by Crippen LogP contribution is -2.61. The third-order valence-electron chi connectivity index (χ3n) is 3.42. The monoisotopic (exact) mass is 226 g/mol. The first-order valence-electron chi connectivity index (χ1n) is 5.19. The van der Waals surface area contributed by atoms with Crippen LogP contribution in [0.15, 0.2) is 12.7 Å². The van der Waals surface area contributed by atoms with Crippen molar-refractivity contribution in [3.8, 4) is 0 Å². The Hall–Kier alpha value is -1.72. The number of fused-ring (bicyclic) bond motifs is 2. The maximum Gasteiger partial charge on any atom is 0.407 e. The van der Waals surface area contributed by atoms with Crippen molar-refractivity contribution in [2.45, 2.75) is 31.0 Å². The molecule has 0 saturated carbocycles. The summed E-state index contributed by atoms with van der Waals surface area (Å²) < 4.78 is 0. The second-order valence-corrected chi connectivity index (χ2v) is 4.15. The van der Waals surface area contributed by atoms with E-state index in [1.807, 2.05) is 0 Å². The van der Waals surface area contributed by atoms with E-state index in [0.29, 0.717) is 6.42 Å². The zero-order valence-electron chi connectivity index (χ0n) is 8.74. The van der Waals surface area contributed by atoms with Crippen LogP contribution in [0.2, 0.25) is 0 Å². The topological polar surface area (TPSA) is 81.1 Å². The molecule has 2 aliphatic rings. The Morgan fingerprint density at radius 3 is 2.44 bits per heavy atom. The van der Waals surface area contributed by atoms with Crippen molar-refractivity contribution in [2.24, 2.45) is 0 Å². The predicted molar refractivity (Wildman–Crippen MR) is 55.4 cm³/mol. The summed E-state index contributed by atoms with van der Waals surface area (Å²) in [5, 5.41) is 18.1. The highest BCUT2D eigenvalue weighted by atomic mass is 16.4. The van der Waals surface area contributed by atoms with Crippen LogP contribution < -0.4 is 0 Å². The average Bonchev–Trinajstić information content (AvgIpc) is 2.53. The van der Waals surface area contributed by atoms with E-state index < -0.39 is 18.2 Å². The van der Waals surface area contributed by atoms with E-state index in [-0.39, 0.29) is 18.6 Å². The van der Waals surface area contributed by atoms with Crippen molar-refractivity contribution in [3.05, 3.63) is 12.7 Å². The Bertz CT molecular complexity index is 344. The first-order valence-corrected chi connectivity index (χ1v) is 5.19. The van der Waals surface area contributed by atoms with E-state index in [9.17, 15) is 9.59 Å². The molecule has 0 aromatic rings. The van der Waals surface area contributed by atoms with E-state index in [1.165, 1.54) is 15.9 Å². The molecule has 2 rings (SSSR count). The predicted octanol–water partition coefficient (Wildman–Crippen LogP) is 1.05. The van der Waals surface area contributed by atoms with Crippen LogP contribution in [0, 0.1) is 0 Å². The zero-order valence-corrected chi connectivity index (χ0v) is 8.74. The maximum atomic E-state index is 11.1. The van der Waals surface area contributed by atoms with Gasteiger partial charge < -0.3 is 10.2 Å². The number of carbonyl (C=O) groups is 2. The molecule has 2 heterocycles. The summed E-state index contributed by atoms with van der Waals surface area (Å²) in [5.41, 5.74) is 0. The van der Waals surface area contributed by atoms with Gasteiger partial charge in [-0.1, -0.05) is 6.08 Å². The summed E-state index contributed by atoms with van der Waals surface area (Å²) in [7, 11) is 0. The molecule has 2 amide bonds. The molecule has 88 valence electrons. The second kappa shape index (κ2) is 3.70. The van der Waals surface area contributed by atoms with Crippen LogP contribution in [-0.2, 0) is 0 Å². The zero-order chi connectivity index (χ0) is 11.9. The molecule has 2 aliphatic heterocycles. The van der Waals surface area contributed by atoms with Gasteiger partial charge in [0.1, 0.15) is 0 Å². The van der Waals surface area contributed by atoms with Gasteiger partial charge >= 0.3 is 12.2 Å². The van der Waals surface area contributed by atoms with E-state index in [2.05, 4.69) is 6.58 Å². The normalized spacial score (nSPS) is 32.6. The third-order valence-corrected chi connectivity index (χ3v) is 3.42. The highest BCUT2D eigenvalue weighted by Gasteiger charge is 2.48. The lowest BCUT2D eigenvalue weighted by molar-refractivity contribution is 0.0391. The van der Waals surface area contributed by atoms with Gasteiger partial charge in [0.25, 0.3) is 0 Å². The van der Waals surface area contributed by atoms with E-state index in [0.717, 1.165) is 6.42 Å². The van der Waals surface area contributed by atoms with Crippen LogP contribution in [0.4, 0.5) is 9.59 Å². The van der Waals surface area contributed by atoms with Gasteiger partial charge in [0.15, 0.2) is 0 Å². The van der Waals surface area contributed by atoms with E-state index >= 15 is 0 Å². The Labute approximate surface area is 92.8 Å². The van der Waals surface area contributed by atoms with Crippen molar-refractivity contribution >= 4 is 12.2 Å². The van der Waals surface area contributed by atoms with Gasteiger partial charge in [-0.3, -0.25) is 9.80 Å². The van der Waals surface area contributed by atoms with Crippen LogP contribution in [0.5, 0.6) is 0 Å². The summed E-state index contributed by atoms with van der Waals surface area (Å²) in [6.45, 7) is 3.85. The summed E-state index contributed by atoms with van der Waals surface area (Å²) in [6.07, 6.45) is 0.981. The van der Waals surface area contributed by atoms with Crippen molar-refractivity contribution < 1.29 is 19.8 Å². The summed E-state index contributed by atoms with van der Waals surface area (Å²) in [6, 6.07) is -0.896. The number of rotatable bonds is 1. The molecule has 6 heteroatoms. The lowest BCUT2D eigenvalue weighted by Gasteiger charge is -2.43. The van der Waals surface area contributed by atoms with E-state index in [4.69, 9.17) is 10.2 Å². The third kappa shape index (κ3) is 1.41. The molecule has 0 aliphatic carbocycles. The van der Waals surface area contributed by atoms with Crippen LogP contribution >= 0.6 is 0 Å². The van der Waals surface area contributed by atoms with Crippen molar-refractivity contribution in [2.75, 3.05) is 6.54 Å². The Morgan fingerprint density at radius 2 is 1.94 bits per heavy atom. The molecule has 2 saturated heterocycles. The fraction of sp³-hybridized carbons (Fsp3) is 0.600. The first-order chi connectivity index (χ1) is 7.56. The van der Waals surface area contributed by atoms with Crippen LogP contribution in [0.1, 0.15) is 12.8 Å². The van der Waals surface area contributed by atoms with Crippen LogP contribution in [-0.4, -0.2) is 56.9 Å². The Morgan fingerprint density at radius 1 is 1.25 bits per heavy atom. The minimum Gasteiger partial charge on any atom is -0.465 e. The minimum absolute atomic E-state index is 0.199. The van der Waals surface area contributed by atoms with Gasteiger partial charge in [0.2, 0.25) is 0 Å². The molecule has 6 nitrogen and oxygen atoms in total. The van der Waals surface area contributed by atoms with Crippen molar-refractivity contribution in [3.63, 3.8) is 0 Å². The number of nitrogens with zero attached hydrogens (tertiary/aromatic N) is 2. The highest BCUT2D eigenvalue weighted by molar-refractivity contribution is 5.70. The molecule has 0 radical (unpaired) electrons. The smallest absolute Gasteiger partial charge is 0.407 e. The number of likely N-dealkylation sites (tertiary alicyclic amines) is 1. The number of carboxylic acid groups (broad SMARTS) is 2. The molecule has 3 atom stereocenters. The summed E-state index contributed by atoms with van der Waals surface area (Å²) in [4.78, 5) is 24.8. The standard InChI is InChI=1S/C10H14N2O4/c1-2-7-8-4-3-6(12(8)10(15)16)5-11(7)9(13)14/h2,6-8H,1,3-5H2,(H,13,14)(H,15,16)/t6-,7-,8+/m1/s1. The van der Waals surface area contributed by atoms with Gasteiger partial charge in [-0.2, -0.15) is 0 Å². The van der Waals surface area contributed by atoms with Gasteiger partial charge in [0, 0.05) is 6.54 Å². The average molecular weight is 226 g/mol. The number of amides is 2. The molecular formula is C10H14N2O4. The van der Waals surface area contributed by atoms with Gasteiger partial charge in [-0.25, -0.2) is 9.59 Å². The molecule has 16 heavy (non-hydrogen) atoms. The number of piperazine rings is 1. The quantitative estimate of drug-likeness (QED) is 0.655. The fourth-order valence-corrected chi connectivity index (χ4v) is 2.77. The van der Waals surface area contributed by atoms with E-state index in [1.54, 1.807) is 0 Å². The minimum atomic E-state index is -1.01. The largest absolute Gasteiger partial charge is 0.465 e. The molecule has 2 N–H and O–H groups in total. The van der Waals surface area contributed by atoms with Gasteiger partial charge in [-0.05, 0) is 12.8 Å². The van der Waals surface area contributed by atoms with Crippen molar-refractivity contribution in [1.82, 2.24) is 9.80 Å². The van der Waals surface area contributed by atoms with Gasteiger partial charge in [-0.15, -0.1) is 6.58 Å². The SMILES string of the molecule is C=C[C@@H]1[C@@H]2CC[C@H](CN1C(=O)O)N2C(=O)O. The first kappa shape index (κ1) is 10.8. The fourth-order valence-electron chi connectivity index (χ4n) is 2.77. The van der Waals surface area contributed by atoms with Crippen LogP contribution in [0.3, 0.4) is 0 Å². The molecule has 2 fully saturated rings. The Kier molecular flexibility index (Phi) is 2.49. The molecule has 2 bridgehead atoms. The molecule has 0 spiro atoms. The molecule has 0 unspecified atom stereocenters. The highest BCUT2D eigenvalue weighted by Crippen LogP contribution is 2.34. The molecular weight excluding hydrogens is 212 g/mol. The molecule has 0 aromatic heterocycles.